The summed E-state index contributed by atoms with van der Waals surface area (Å²) in [5.41, 5.74) is 5.77. The number of anilines is 1. The van der Waals surface area contributed by atoms with Crippen LogP contribution in [0.4, 0.5) is 10.5 Å². The molecule has 2 unspecified atom stereocenters. The Labute approximate surface area is 195 Å². The zero-order valence-electron chi connectivity index (χ0n) is 17.3. The third-order valence-electron chi connectivity index (χ3n) is 4.53. The summed E-state index contributed by atoms with van der Waals surface area (Å²) in [5.74, 6) is -0.500. The van der Waals surface area contributed by atoms with Crippen molar-refractivity contribution in [1.29, 1.82) is 0 Å². The predicted octanol–water partition coefficient (Wildman–Crippen LogP) is 3.18. The minimum Gasteiger partial charge on any atom is -0.444 e. The molecule has 2 rings (SSSR count). The highest BCUT2D eigenvalue weighted by atomic mass is 127. The lowest BCUT2D eigenvalue weighted by Gasteiger charge is -2.37. The molecule has 1 aliphatic rings. The standard InChI is InChI=1S/C20H28ClIN4O4/c1-20(2,3)30-19(29)26-7-6-12(8-16(26)22)10-24-17(27)11-25-18(28)14-9-13(21)4-5-15(14)23/h4-5,9,12,16H,6-8,10-11,23H2,1-3H3,(H,24,27)(H,25,28). The average molecular weight is 551 g/mol. The number of amides is 3. The van der Waals surface area contributed by atoms with Crippen molar-refractivity contribution in [2.75, 3.05) is 25.4 Å². The van der Waals surface area contributed by atoms with Crippen molar-refractivity contribution in [3.05, 3.63) is 28.8 Å². The molecule has 166 valence electrons. The molecule has 1 aliphatic heterocycles. The SMILES string of the molecule is CC(C)(C)OC(=O)N1CCC(CNC(=O)CNC(=O)c2cc(Cl)ccc2N)CC1I. The average Bonchev–Trinajstić information content (AvgIpc) is 2.64. The van der Waals surface area contributed by atoms with Crippen LogP contribution in [0, 0.1) is 5.92 Å². The third-order valence-corrected chi connectivity index (χ3v) is 5.95. The molecule has 10 heteroatoms. The van der Waals surface area contributed by atoms with Gasteiger partial charge in [-0.15, -0.1) is 0 Å². The zero-order valence-corrected chi connectivity index (χ0v) is 20.2. The van der Waals surface area contributed by atoms with Gasteiger partial charge in [0.1, 0.15) is 5.60 Å². The van der Waals surface area contributed by atoms with E-state index in [2.05, 4.69) is 33.2 Å². The lowest BCUT2D eigenvalue weighted by molar-refractivity contribution is -0.120. The monoisotopic (exact) mass is 550 g/mol. The first kappa shape index (κ1) is 24.5. The van der Waals surface area contributed by atoms with Gasteiger partial charge in [-0.3, -0.25) is 14.5 Å². The third kappa shape index (κ3) is 7.50. The number of benzene rings is 1. The van der Waals surface area contributed by atoms with Crippen LogP contribution in [0.2, 0.25) is 5.02 Å². The van der Waals surface area contributed by atoms with Crippen LogP contribution in [0.15, 0.2) is 18.2 Å². The first-order valence-electron chi connectivity index (χ1n) is 9.70. The summed E-state index contributed by atoms with van der Waals surface area (Å²) >= 11 is 8.11. The van der Waals surface area contributed by atoms with Crippen molar-refractivity contribution in [2.45, 2.75) is 43.3 Å². The van der Waals surface area contributed by atoms with Crippen LogP contribution >= 0.6 is 34.2 Å². The van der Waals surface area contributed by atoms with Crippen LogP contribution in [-0.2, 0) is 9.53 Å². The van der Waals surface area contributed by atoms with E-state index in [1.165, 1.54) is 6.07 Å². The fraction of sp³-hybridized carbons (Fsp3) is 0.550. The topological polar surface area (TPSA) is 114 Å². The number of nitrogens with two attached hydrogens (primary N) is 1. The van der Waals surface area contributed by atoms with E-state index in [0.29, 0.717) is 23.8 Å². The van der Waals surface area contributed by atoms with Crippen LogP contribution in [0.1, 0.15) is 44.0 Å². The molecule has 30 heavy (non-hydrogen) atoms. The van der Waals surface area contributed by atoms with Crippen molar-refractivity contribution < 1.29 is 19.1 Å². The summed E-state index contributed by atoms with van der Waals surface area (Å²) in [6.07, 6.45) is 1.21. The molecule has 2 atom stereocenters. The lowest BCUT2D eigenvalue weighted by Crippen LogP contribution is -2.47. The molecule has 0 aliphatic carbocycles. The number of carbonyl (C=O) groups is 3. The molecule has 4 N–H and O–H groups in total. The Balaban J connectivity index is 1.75. The molecule has 1 aromatic rings. The summed E-state index contributed by atoms with van der Waals surface area (Å²) in [5, 5.41) is 5.78. The molecule has 8 nitrogen and oxygen atoms in total. The van der Waals surface area contributed by atoms with E-state index in [-0.39, 0.29) is 34.1 Å². The summed E-state index contributed by atoms with van der Waals surface area (Å²) in [7, 11) is 0. The molecule has 0 radical (unpaired) electrons. The van der Waals surface area contributed by atoms with Crippen molar-refractivity contribution >= 4 is 57.8 Å². The Morgan fingerprint density at radius 2 is 2.00 bits per heavy atom. The van der Waals surface area contributed by atoms with E-state index < -0.39 is 11.5 Å². The molecular weight excluding hydrogens is 523 g/mol. The van der Waals surface area contributed by atoms with Gasteiger partial charge >= 0.3 is 6.09 Å². The van der Waals surface area contributed by atoms with Crippen molar-refractivity contribution in [2.24, 2.45) is 5.92 Å². The van der Waals surface area contributed by atoms with Crippen LogP contribution in [0.5, 0.6) is 0 Å². The molecular formula is C20H28ClIN4O4. The Bertz CT molecular complexity index is 800. The molecule has 1 heterocycles. The number of nitrogen functional groups attached to an aromatic ring is 1. The fourth-order valence-corrected chi connectivity index (χ4v) is 4.39. The zero-order chi connectivity index (χ0) is 22.5. The predicted molar refractivity (Wildman–Crippen MR) is 125 cm³/mol. The van der Waals surface area contributed by atoms with Gasteiger partial charge in [0.15, 0.2) is 0 Å². The maximum Gasteiger partial charge on any atom is 0.411 e. The normalized spacial score (nSPS) is 19.2. The van der Waals surface area contributed by atoms with Gasteiger partial charge in [-0.05, 0) is 57.7 Å². The molecule has 3 amide bonds. The maximum atomic E-state index is 12.3. The summed E-state index contributed by atoms with van der Waals surface area (Å²) < 4.78 is 5.44. The number of piperidine rings is 1. The summed E-state index contributed by atoms with van der Waals surface area (Å²) in [6.45, 7) is 6.43. The minimum absolute atomic E-state index is 0.00129. The largest absolute Gasteiger partial charge is 0.444 e. The van der Waals surface area contributed by atoms with Crippen LogP contribution in [0.3, 0.4) is 0 Å². The highest BCUT2D eigenvalue weighted by molar-refractivity contribution is 14.1. The smallest absolute Gasteiger partial charge is 0.411 e. The second-order valence-corrected chi connectivity index (χ2v) is 10.1. The number of nitrogens with one attached hydrogen (secondary N) is 2. The first-order valence-corrected chi connectivity index (χ1v) is 11.3. The van der Waals surface area contributed by atoms with Gasteiger partial charge in [-0.25, -0.2) is 4.79 Å². The molecule has 1 fully saturated rings. The molecule has 1 aromatic carbocycles. The maximum absolute atomic E-state index is 12.3. The molecule has 1 saturated heterocycles. The fourth-order valence-electron chi connectivity index (χ4n) is 3.00. The van der Waals surface area contributed by atoms with Crippen LogP contribution < -0.4 is 16.4 Å². The van der Waals surface area contributed by atoms with E-state index >= 15 is 0 Å². The molecule has 0 saturated carbocycles. The van der Waals surface area contributed by atoms with E-state index in [9.17, 15) is 14.4 Å². The van der Waals surface area contributed by atoms with Crippen LogP contribution in [0.25, 0.3) is 0 Å². The number of alkyl halides is 1. The van der Waals surface area contributed by atoms with E-state index in [1.54, 1.807) is 17.0 Å². The number of halogens is 2. The van der Waals surface area contributed by atoms with Gasteiger partial charge in [0, 0.05) is 23.8 Å². The van der Waals surface area contributed by atoms with Crippen LogP contribution in [-0.4, -0.2) is 52.1 Å². The molecule has 0 bridgehead atoms. The number of likely N-dealkylation sites (tertiary alicyclic amines) is 1. The Morgan fingerprint density at radius 3 is 2.63 bits per heavy atom. The van der Waals surface area contributed by atoms with Gasteiger partial charge in [0.05, 0.1) is 16.2 Å². The van der Waals surface area contributed by atoms with E-state index in [1.807, 2.05) is 20.8 Å². The Morgan fingerprint density at radius 1 is 1.30 bits per heavy atom. The van der Waals surface area contributed by atoms with Gasteiger partial charge < -0.3 is 21.1 Å². The lowest BCUT2D eigenvalue weighted by atomic mass is 9.97. The number of nitrogens with zero attached hydrogens (tertiary/aromatic N) is 1. The first-order chi connectivity index (χ1) is 14.0. The summed E-state index contributed by atoms with van der Waals surface area (Å²) in [6, 6.07) is 4.60. The second-order valence-electron chi connectivity index (χ2n) is 8.22. The second kappa shape index (κ2) is 10.5. The number of ether oxygens (including phenoxy) is 1. The van der Waals surface area contributed by atoms with Crippen molar-refractivity contribution in [3.8, 4) is 0 Å². The summed E-state index contributed by atoms with van der Waals surface area (Å²) in [4.78, 5) is 38.3. The quantitative estimate of drug-likeness (QED) is 0.226. The van der Waals surface area contributed by atoms with E-state index in [0.717, 1.165) is 12.8 Å². The van der Waals surface area contributed by atoms with E-state index in [4.69, 9.17) is 22.1 Å². The van der Waals surface area contributed by atoms with Gasteiger partial charge in [0.25, 0.3) is 5.91 Å². The number of hydrogen-bond acceptors (Lipinski definition) is 5. The molecule has 0 aromatic heterocycles. The minimum atomic E-state index is -0.529. The van der Waals surface area contributed by atoms with Crippen molar-refractivity contribution in [1.82, 2.24) is 15.5 Å². The number of carbonyl (C=O) groups excluding carboxylic acids is 3. The van der Waals surface area contributed by atoms with Gasteiger partial charge in [-0.2, -0.15) is 0 Å². The Kier molecular flexibility index (Phi) is 8.60. The molecule has 0 spiro atoms. The van der Waals surface area contributed by atoms with Crippen molar-refractivity contribution in [3.63, 3.8) is 0 Å². The number of hydrogen-bond donors (Lipinski definition) is 3. The Hall–Kier alpha value is -1.75. The van der Waals surface area contributed by atoms with Gasteiger partial charge in [-0.1, -0.05) is 34.2 Å². The number of rotatable bonds is 5. The van der Waals surface area contributed by atoms with Gasteiger partial charge in [0.2, 0.25) is 5.91 Å². The highest BCUT2D eigenvalue weighted by Gasteiger charge is 2.32. The highest BCUT2D eigenvalue weighted by Crippen LogP contribution is 2.28.